The van der Waals surface area contributed by atoms with Gasteiger partial charge in [0.1, 0.15) is 11.4 Å². The number of hydrogen-bond acceptors (Lipinski definition) is 5. The Morgan fingerprint density at radius 3 is 2.70 bits per heavy atom. The van der Waals surface area contributed by atoms with Crippen LogP contribution >= 0.6 is 0 Å². The Labute approximate surface area is 214 Å². The van der Waals surface area contributed by atoms with Crippen molar-refractivity contribution in [3.8, 4) is 11.5 Å². The number of nitrogens with zero attached hydrogens (tertiary/aromatic N) is 1. The average molecular weight is 515 g/mol. The van der Waals surface area contributed by atoms with Crippen molar-refractivity contribution in [2.45, 2.75) is 45.6 Å². The molecule has 2 amide bonds. The van der Waals surface area contributed by atoms with Gasteiger partial charge < -0.3 is 29.8 Å². The number of anilines is 1. The molecule has 4 heterocycles. The Hall–Kier alpha value is -3.24. The maximum Gasteiger partial charge on any atom is 0.319 e. The fraction of sp³-hybridized carbons (Fsp3) is 0.481. The number of amides is 2. The van der Waals surface area contributed by atoms with Crippen molar-refractivity contribution in [2.24, 2.45) is 11.3 Å². The van der Waals surface area contributed by atoms with E-state index < -0.39 is 23.4 Å². The summed E-state index contributed by atoms with van der Waals surface area (Å²) in [7, 11) is 0. The van der Waals surface area contributed by atoms with E-state index in [9.17, 15) is 4.79 Å². The van der Waals surface area contributed by atoms with Crippen molar-refractivity contribution in [1.82, 2.24) is 15.3 Å². The molecule has 2 fully saturated rings. The van der Waals surface area contributed by atoms with Gasteiger partial charge in [0.2, 0.25) is 0 Å². The standard InChI is InChI=1S/C27H32F2N4O4/c1-15(2)27(13-35-14-27)12-32-26(34)33-17-9-20(28)24(21(29)10-17)37-22-6-7-30-25-23(22)19(11-31-25)18-5-4-8-36-16(18)3/h6-7,9-11,15-16,18H,4-5,8,12-14H2,1-3H3,(H,30,31)(H2,32,33,34). The first kappa shape index (κ1) is 25.4. The number of H-pyrrole nitrogens is 1. The van der Waals surface area contributed by atoms with Gasteiger partial charge in [-0.3, -0.25) is 0 Å². The molecule has 8 nitrogen and oxygen atoms in total. The summed E-state index contributed by atoms with van der Waals surface area (Å²) >= 11 is 0. The average Bonchev–Trinajstić information content (AvgIpc) is 3.25. The lowest BCUT2D eigenvalue weighted by Gasteiger charge is -2.44. The van der Waals surface area contributed by atoms with Gasteiger partial charge in [0, 0.05) is 54.7 Å². The number of aromatic amines is 1. The number of pyridine rings is 1. The molecule has 2 saturated heterocycles. The monoisotopic (exact) mass is 514 g/mol. The second-order valence-electron chi connectivity index (χ2n) is 10.3. The largest absolute Gasteiger partial charge is 0.450 e. The van der Waals surface area contributed by atoms with E-state index in [0.29, 0.717) is 43.3 Å². The first-order valence-electron chi connectivity index (χ1n) is 12.6. The summed E-state index contributed by atoms with van der Waals surface area (Å²) in [6.07, 6.45) is 5.23. The number of halogens is 2. The van der Waals surface area contributed by atoms with E-state index in [1.807, 2.05) is 13.1 Å². The number of aromatic nitrogens is 2. The highest BCUT2D eigenvalue weighted by molar-refractivity contribution is 5.89. The van der Waals surface area contributed by atoms with Crippen LogP contribution in [-0.4, -0.2) is 48.5 Å². The van der Waals surface area contributed by atoms with Crippen LogP contribution in [0, 0.1) is 23.0 Å². The highest BCUT2D eigenvalue weighted by Gasteiger charge is 2.41. The topological polar surface area (TPSA) is 97.5 Å². The number of ether oxygens (including phenoxy) is 3. The van der Waals surface area contributed by atoms with Crippen molar-refractivity contribution in [3.05, 3.63) is 47.8 Å². The zero-order valence-corrected chi connectivity index (χ0v) is 21.2. The van der Waals surface area contributed by atoms with Crippen molar-refractivity contribution in [2.75, 3.05) is 31.7 Å². The highest BCUT2D eigenvalue weighted by Crippen LogP contribution is 2.41. The minimum absolute atomic E-state index is 0.00184. The first-order valence-corrected chi connectivity index (χ1v) is 12.6. The molecule has 10 heteroatoms. The molecule has 0 saturated carbocycles. The summed E-state index contributed by atoms with van der Waals surface area (Å²) in [6, 6.07) is 3.11. The van der Waals surface area contributed by atoms with Crippen LogP contribution in [-0.2, 0) is 9.47 Å². The Bertz CT molecular complexity index is 1270. The van der Waals surface area contributed by atoms with Crippen molar-refractivity contribution in [1.29, 1.82) is 0 Å². The van der Waals surface area contributed by atoms with Crippen molar-refractivity contribution in [3.63, 3.8) is 0 Å². The third-order valence-electron chi connectivity index (χ3n) is 7.65. The molecule has 2 aromatic heterocycles. The summed E-state index contributed by atoms with van der Waals surface area (Å²) in [5, 5.41) is 5.95. The van der Waals surface area contributed by atoms with Crippen molar-refractivity contribution < 1.29 is 27.8 Å². The lowest BCUT2D eigenvalue weighted by atomic mass is 9.75. The molecule has 37 heavy (non-hydrogen) atoms. The predicted molar refractivity (Wildman–Crippen MR) is 135 cm³/mol. The molecule has 3 N–H and O–H groups in total. The summed E-state index contributed by atoms with van der Waals surface area (Å²) in [4.78, 5) is 19.9. The fourth-order valence-corrected chi connectivity index (χ4v) is 5.03. The Balaban J connectivity index is 1.33. The number of urea groups is 1. The van der Waals surface area contributed by atoms with Gasteiger partial charge in [-0.2, -0.15) is 0 Å². The van der Waals surface area contributed by atoms with Gasteiger partial charge in [-0.15, -0.1) is 0 Å². The second-order valence-corrected chi connectivity index (χ2v) is 10.3. The molecule has 3 aromatic rings. The van der Waals surface area contributed by atoms with E-state index in [1.54, 1.807) is 6.07 Å². The molecule has 0 aliphatic carbocycles. The van der Waals surface area contributed by atoms with E-state index in [4.69, 9.17) is 14.2 Å². The van der Waals surface area contributed by atoms with E-state index in [-0.39, 0.29) is 28.9 Å². The van der Waals surface area contributed by atoms with Crippen molar-refractivity contribution >= 4 is 22.8 Å². The number of rotatable bonds is 7. The number of benzene rings is 1. The van der Waals surface area contributed by atoms with Crippen LogP contribution in [0.3, 0.4) is 0 Å². The SMILES string of the molecule is CC1OCCCC1c1c[nH]c2nccc(Oc3c(F)cc(NC(=O)NCC4(C(C)C)COC4)cc3F)c12. The second kappa shape index (κ2) is 10.3. The van der Waals surface area contributed by atoms with Gasteiger partial charge in [0.15, 0.2) is 17.4 Å². The highest BCUT2D eigenvalue weighted by atomic mass is 19.1. The molecule has 1 aromatic carbocycles. The third kappa shape index (κ3) is 5.00. The summed E-state index contributed by atoms with van der Waals surface area (Å²) in [5.41, 5.74) is 1.37. The molecule has 2 unspecified atom stereocenters. The van der Waals surface area contributed by atoms with Gasteiger partial charge in [-0.25, -0.2) is 18.6 Å². The molecule has 2 atom stereocenters. The lowest BCUT2D eigenvalue weighted by Crippen LogP contribution is -2.54. The van der Waals surface area contributed by atoms with E-state index in [0.717, 1.165) is 30.5 Å². The molecular formula is C27H32F2N4O4. The molecule has 0 bridgehead atoms. The summed E-state index contributed by atoms with van der Waals surface area (Å²) < 4.78 is 47.0. The zero-order chi connectivity index (χ0) is 26.2. The first-order chi connectivity index (χ1) is 17.8. The minimum Gasteiger partial charge on any atom is -0.450 e. The molecule has 5 rings (SSSR count). The van der Waals surface area contributed by atoms with Gasteiger partial charge in [-0.1, -0.05) is 13.8 Å². The van der Waals surface area contributed by atoms with Gasteiger partial charge in [-0.05, 0) is 37.3 Å². The molecule has 2 aliphatic heterocycles. The van der Waals surface area contributed by atoms with Crippen LogP contribution in [0.15, 0.2) is 30.6 Å². The summed E-state index contributed by atoms with van der Waals surface area (Å²) in [6.45, 7) is 8.41. The van der Waals surface area contributed by atoms with Gasteiger partial charge >= 0.3 is 6.03 Å². The van der Waals surface area contributed by atoms with Crippen LogP contribution in [0.1, 0.15) is 45.1 Å². The Morgan fingerprint density at radius 2 is 2.05 bits per heavy atom. The number of fused-ring (bicyclic) bond motifs is 1. The smallest absolute Gasteiger partial charge is 0.319 e. The molecule has 2 aliphatic rings. The number of nitrogens with one attached hydrogen (secondary N) is 3. The van der Waals surface area contributed by atoms with E-state index in [1.165, 1.54) is 6.20 Å². The predicted octanol–water partition coefficient (Wildman–Crippen LogP) is 5.71. The quantitative estimate of drug-likeness (QED) is 0.375. The maximum atomic E-state index is 15.0. The van der Waals surface area contributed by atoms with E-state index in [2.05, 4.69) is 34.4 Å². The van der Waals surface area contributed by atoms with Crippen LogP contribution in [0.2, 0.25) is 0 Å². The minimum atomic E-state index is -0.933. The molecule has 198 valence electrons. The van der Waals surface area contributed by atoms with Gasteiger partial charge in [0.25, 0.3) is 0 Å². The number of hydrogen-bond donors (Lipinski definition) is 3. The fourth-order valence-electron chi connectivity index (χ4n) is 5.03. The van der Waals surface area contributed by atoms with Crippen LogP contribution in [0.25, 0.3) is 11.0 Å². The number of carbonyl (C=O) groups excluding carboxylic acids is 1. The normalized spacial score (nSPS) is 21.0. The lowest BCUT2D eigenvalue weighted by molar-refractivity contribution is -0.134. The molecular weight excluding hydrogens is 482 g/mol. The van der Waals surface area contributed by atoms with Crippen LogP contribution in [0.4, 0.5) is 19.3 Å². The van der Waals surface area contributed by atoms with Gasteiger partial charge in [0.05, 0.1) is 24.7 Å². The zero-order valence-electron chi connectivity index (χ0n) is 21.2. The molecule has 0 radical (unpaired) electrons. The maximum absolute atomic E-state index is 15.0. The van der Waals surface area contributed by atoms with Crippen LogP contribution < -0.4 is 15.4 Å². The Kier molecular flexibility index (Phi) is 7.04. The summed E-state index contributed by atoms with van der Waals surface area (Å²) in [5.74, 6) is -1.70. The third-order valence-corrected chi connectivity index (χ3v) is 7.65. The molecule has 0 spiro atoms. The van der Waals surface area contributed by atoms with Crippen LogP contribution in [0.5, 0.6) is 11.5 Å². The van der Waals surface area contributed by atoms with E-state index >= 15 is 8.78 Å². The Morgan fingerprint density at radius 1 is 1.30 bits per heavy atom. The number of carbonyl (C=O) groups is 1.